The first-order valence-corrected chi connectivity index (χ1v) is 4.47. The summed E-state index contributed by atoms with van der Waals surface area (Å²) in [6, 6.07) is 0. The number of rotatable bonds is 2. The van der Waals surface area contributed by atoms with Crippen molar-refractivity contribution < 1.29 is 27.7 Å². The topological polar surface area (TPSA) is 149 Å². The quantitative estimate of drug-likeness (QED) is 0.490. The fourth-order valence-electron chi connectivity index (χ4n) is 0.660. The molecule has 0 spiro atoms. The van der Waals surface area contributed by atoms with Crippen LogP contribution in [0, 0.1) is 0 Å². The molecule has 0 aromatic rings. The second-order valence-electron chi connectivity index (χ2n) is 2.13. The van der Waals surface area contributed by atoms with Crippen LogP contribution in [0.1, 0.15) is 0 Å². The predicted molar refractivity (Wildman–Crippen MR) is 38.2 cm³/mol. The highest BCUT2D eigenvalue weighted by Crippen LogP contribution is 2.09. The molecule has 1 aliphatic rings. The summed E-state index contributed by atoms with van der Waals surface area (Å²) in [5.41, 5.74) is 0. The zero-order valence-corrected chi connectivity index (χ0v) is 7.17. The second-order valence-corrected chi connectivity index (χ2v) is 3.32. The lowest BCUT2D eigenvalue weighted by Crippen LogP contribution is -2.42. The van der Waals surface area contributed by atoms with Gasteiger partial charge in [0.05, 0.1) is 0 Å². The van der Waals surface area contributed by atoms with Gasteiger partial charge in [0.2, 0.25) is 6.17 Å². The van der Waals surface area contributed by atoms with Crippen molar-refractivity contribution in [3.05, 3.63) is 0 Å². The Balaban J connectivity index is 2.76. The van der Waals surface area contributed by atoms with Gasteiger partial charge in [0.1, 0.15) is 0 Å². The minimum absolute atomic E-state index is 0.0527. The third kappa shape index (κ3) is 2.21. The number of hydrogen-bond donors (Lipinski definition) is 3. The van der Waals surface area contributed by atoms with Crippen LogP contribution in [0.5, 0.6) is 0 Å². The molecule has 0 aliphatic carbocycles. The lowest BCUT2D eigenvalue weighted by Gasteiger charge is -2.05. The molecule has 1 unspecified atom stereocenters. The Morgan fingerprint density at radius 1 is 1.57 bits per heavy atom. The molecule has 78 valence electrons. The van der Waals surface area contributed by atoms with Crippen LogP contribution in [0.25, 0.3) is 0 Å². The van der Waals surface area contributed by atoms with Gasteiger partial charge in [-0.05, 0) is 0 Å². The van der Waals surface area contributed by atoms with Crippen molar-refractivity contribution in [2.45, 2.75) is 6.17 Å². The molecule has 10 nitrogen and oxygen atoms in total. The lowest BCUT2D eigenvalue weighted by atomic mass is 10.5. The van der Waals surface area contributed by atoms with Gasteiger partial charge in [0.15, 0.2) is 0 Å². The summed E-state index contributed by atoms with van der Waals surface area (Å²) in [7, 11) is -4.63. The number of carbonyl (C=O) groups excluding carboxylic acids is 1. The summed E-state index contributed by atoms with van der Waals surface area (Å²) in [6.07, 6.45) is -3.43. The molecule has 1 heterocycles. The molecule has 2 amide bonds. The van der Waals surface area contributed by atoms with E-state index in [1.807, 2.05) is 0 Å². The van der Waals surface area contributed by atoms with E-state index < -0.39 is 28.5 Å². The van der Waals surface area contributed by atoms with E-state index in [-0.39, 0.29) is 5.01 Å². The standard InChI is InChI=1S/C3H4N4O6S/c8-2-1(5-14(11,12)13)4-6-7(2)3(9)10/h1,5H,(H,9,10)(H,11,12,13). The molecule has 0 aromatic heterocycles. The number of hydrogen-bond acceptors (Lipinski definition) is 6. The molecule has 1 atom stereocenters. The van der Waals surface area contributed by atoms with Crippen molar-refractivity contribution >= 4 is 22.3 Å². The van der Waals surface area contributed by atoms with Crippen LogP contribution in [0.2, 0.25) is 0 Å². The highest BCUT2D eigenvalue weighted by molar-refractivity contribution is 7.83. The van der Waals surface area contributed by atoms with Crippen molar-refractivity contribution in [2.75, 3.05) is 0 Å². The van der Waals surface area contributed by atoms with Crippen molar-refractivity contribution in [2.24, 2.45) is 10.3 Å². The monoisotopic (exact) mass is 224 g/mol. The van der Waals surface area contributed by atoms with Gasteiger partial charge in [-0.3, -0.25) is 9.35 Å². The van der Waals surface area contributed by atoms with Crippen molar-refractivity contribution in [1.29, 1.82) is 0 Å². The molecule has 0 saturated heterocycles. The van der Waals surface area contributed by atoms with Crippen LogP contribution in [-0.2, 0) is 15.1 Å². The molecule has 1 aliphatic heterocycles. The van der Waals surface area contributed by atoms with Crippen LogP contribution >= 0.6 is 0 Å². The summed E-state index contributed by atoms with van der Waals surface area (Å²) in [5, 5.41) is 14.1. The third-order valence-electron chi connectivity index (χ3n) is 1.14. The van der Waals surface area contributed by atoms with E-state index >= 15 is 0 Å². The average Bonchev–Trinajstić information content (AvgIpc) is 2.29. The number of nitrogens with one attached hydrogen (secondary N) is 1. The van der Waals surface area contributed by atoms with Crippen molar-refractivity contribution in [3.63, 3.8) is 0 Å². The maximum Gasteiger partial charge on any atom is 0.436 e. The van der Waals surface area contributed by atoms with Gasteiger partial charge in [0.25, 0.3) is 5.91 Å². The molecule has 0 fully saturated rings. The van der Waals surface area contributed by atoms with Gasteiger partial charge in [-0.15, -0.1) is 10.1 Å². The molecule has 1 rings (SSSR count). The summed E-state index contributed by atoms with van der Waals surface area (Å²) < 4.78 is 30.1. The molecule has 3 N–H and O–H groups in total. The lowest BCUT2D eigenvalue weighted by molar-refractivity contribution is -0.128. The highest BCUT2D eigenvalue weighted by Gasteiger charge is 2.36. The Hall–Kier alpha value is -1.59. The van der Waals surface area contributed by atoms with E-state index in [9.17, 15) is 18.0 Å². The fourth-order valence-corrected chi connectivity index (χ4v) is 1.09. The minimum atomic E-state index is -4.63. The van der Waals surface area contributed by atoms with Crippen LogP contribution < -0.4 is 4.72 Å². The number of carbonyl (C=O) groups is 2. The third-order valence-corrected chi connectivity index (χ3v) is 1.66. The largest absolute Gasteiger partial charge is 0.463 e. The van der Waals surface area contributed by atoms with Gasteiger partial charge in [-0.2, -0.15) is 13.1 Å². The average molecular weight is 224 g/mol. The first-order valence-electron chi connectivity index (χ1n) is 3.03. The van der Waals surface area contributed by atoms with Crippen molar-refractivity contribution in [1.82, 2.24) is 9.73 Å². The van der Waals surface area contributed by atoms with E-state index in [0.29, 0.717) is 0 Å². The molecule has 0 radical (unpaired) electrons. The SMILES string of the molecule is O=C(O)N1N=NC(NS(=O)(=O)O)C1=O. The fraction of sp³-hybridized carbons (Fsp3) is 0.333. The molecule has 0 saturated carbocycles. The van der Waals surface area contributed by atoms with E-state index in [1.165, 1.54) is 4.72 Å². The molecule has 0 aromatic carbocycles. The zero-order valence-electron chi connectivity index (χ0n) is 6.35. The molecular formula is C3H4N4O6S. The van der Waals surface area contributed by atoms with Gasteiger partial charge < -0.3 is 5.11 Å². The maximum absolute atomic E-state index is 10.9. The van der Waals surface area contributed by atoms with Crippen LogP contribution in [-0.4, -0.2) is 41.3 Å². The first-order chi connectivity index (χ1) is 6.31. The van der Waals surface area contributed by atoms with E-state index in [2.05, 4.69) is 10.3 Å². The molecule has 0 bridgehead atoms. The summed E-state index contributed by atoms with van der Waals surface area (Å²) in [5.74, 6) is -1.21. The minimum Gasteiger partial charge on any atom is -0.463 e. The summed E-state index contributed by atoms with van der Waals surface area (Å²) >= 11 is 0. The highest BCUT2D eigenvalue weighted by atomic mass is 32.2. The maximum atomic E-state index is 10.9. The van der Waals surface area contributed by atoms with Crippen LogP contribution in [0.15, 0.2) is 10.3 Å². The predicted octanol–water partition coefficient (Wildman–Crippen LogP) is -1.41. The number of amides is 2. The van der Waals surface area contributed by atoms with Gasteiger partial charge in [-0.25, -0.2) is 4.79 Å². The van der Waals surface area contributed by atoms with Gasteiger partial charge in [-0.1, -0.05) is 5.22 Å². The van der Waals surface area contributed by atoms with E-state index in [1.54, 1.807) is 0 Å². The number of carboxylic acid groups (broad SMARTS) is 1. The Kier molecular flexibility index (Phi) is 2.46. The van der Waals surface area contributed by atoms with E-state index in [4.69, 9.17) is 9.66 Å². The van der Waals surface area contributed by atoms with E-state index in [0.717, 1.165) is 0 Å². The Bertz CT molecular complexity index is 399. The molecular weight excluding hydrogens is 220 g/mol. The number of nitrogens with zero attached hydrogens (tertiary/aromatic N) is 3. The van der Waals surface area contributed by atoms with Gasteiger partial charge in [0, 0.05) is 0 Å². The normalized spacial score (nSPS) is 21.6. The smallest absolute Gasteiger partial charge is 0.436 e. The number of imide groups is 1. The zero-order chi connectivity index (χ0) is 10.9. The Labute approximate surface area is 77.1 Å². The molecule has 11 heteroatoms. The Morgan fingerprint density at radius 2 is 2.14 bits per heavy atom. The second kappa shape index (κ2) is 3.28. The Morgan fingerprint density at radius 3 is 2.50 bits per heavy atom. The molecule has 14 heavy (non-hydrogen) atoms. The van der Waals surface area contributed by atoms with Gasteiger partial charge >= 0.3 is 16.4 Å². The summed E-state index contributed by atoms with van der Waals surface area (Å²) in [6.45, 7) is 0. The van der Waals surface area contributed by atoms with Crippen molar-refractivity contribution in [3.8, 4) is 0 Å². The van der Waals surface area contributed by atoms with Crippen LogP contribution in [0.4, 0.5) is 4.79 Å². The van der Waals surface area contributed by atoms with Crippen LogP contribution in [0.3, 0.4) is 0 Å². The first kappa shape index (κ1) is 10.5. The summed E-state index contributed by atoms with van der Waals surface area (Å²) in [4.78, 5) is 21.2.